The second-order valence-electron chi connectivity index (χ2n) is 7.44. The van der Waals surface area contributed by atoms with Crippen molar-refractivity contribution < 1.29 is 23.8 Å². The molecule has 0 atom stereocenters. The minimum atomic E-state index is -0.853. The summed E-state index contributed by atoms with van der Waals surface area (Å²) >= 11 is 6.40. The van der Waals surface area contributed by atoms with Gasteiger partial charge in [0, 0.05) is 24.0 Å². The number of carboxylic acid groups (broad SMARTS) is 1. The zero-order valence-electron chi connectivity index (χ0n) is 15.6. The van der Waals surface area contributed by atoms with Crippen molar-refractivity contribution in [2.45, 2.75) is 52.2 Å². The van der Waals surface area contributed by atoms with Gasteiger partial charge in [0.25, 0.3) is 0 Å². The Morgan fingerprint density at radius 2 is 2.07 bits per heavy atom. The van der Waals surface area contributed by atoms with Crippen molar-refractivity contribution in [3.8, 4) is 11.5 Å². The molecule has 4 nitrogen and oxygen atoms in total. The SMILES string of the molecule is Cc1c(CCC(=O)O)ccc(OCc2cc(F)cc3c2OC(C)(C)C3)c1Cl. The van der Waals surface area contributed by atoms with Crippen LogP contribution in [-0.2, 0) is 24.2 Å². The van der Waals surface area contributed by atoms with Gasteiger partial charge in [-0.3, -0.25) is 4.79 Å². The van der Waals surface area contributed by atoms with Crippen molar-refractivity contribution in [1.29, 1.82) is 0 Å². The summed E-state index contributed by atoms with van der Waals surface area (Å²) in [5.41, 5.74) is 2.76. The number of aliphatic carboxylic acids is 1. The molecule has 0 saturated carbocycles. The minimum Gasteiger partial charge on any atom is -0.487 e. The molecular formula is C21H22ClFO4. The molecule has 3 rings (SSSR count). The third-order valence-electron chi connectivity index (χ3n) is 4.66. The van der Waals surface area contributed by atoms with E-state index in [0.29, 0.717) is 34.9 Å². The van der Waals surface area contributed by atoms with Crippen LogP contribution in [0.25, 0.3) is 0 Å². The highest BCUT2D eigenvalue weighted by Crippen LogP contribution is 2.39. The number of fused-ring (bicyclic) bond motifs is 1. The van der Waals surface area contributed by atoms with Crippen LogP contribution < -0.4 is 9.47 Å². The average Bonchev–Trinajstić information content (AvgIpc) is 2.88. The van der Waals surface area contributed by atoms with E-state index in [0.717, 1.165) is 16.7 Å². The van der Waals surface area contributed by atoms with Gasteiger partial charge in [-0.05, 0) is 56.5 Å². The highest BCUT2D eigenvalue weighted by molar-refractivity contribution is 6.32. The Balaban J connectivity index is 1.79. The number of halogens is 2. The second kappa shape index (κ2) is 7.39. The molecule has 144 valence electrons. The molecule has 27 heavy (non-hydrogen) atoms. The predicted octanol–water partition coefficient (Wildman–Crippen LogP) is 5.10. The average molecular weight is 393 g/mol. The highest BCUT2D eigenvalue weighted by atomic mass is 35.5. The fourth-order valence-corrected chi connectivity index (χ4v) is 3.57. The Bertz CT molecular complexity index is 892. The summed E-state index contributed by atoms with van der Waals surface area (Å²) in [6.07, 6.45) is 1.09. The molecule has 1 N–H and O–H groups in total. The van der Waals surface area contributed by atoms with Crippen molar-refractivity contribution >= 4 is 17.6 Å². The third-order valence-corrected chi connectivity index (χ3v) is 5.13. The number of hydrogen-bond acceptors (Lipinski definition) is 3. The van der Waals surface area contributed by atoms with Crippen LogP contribution in [-0.4, -0.2) is 16.7 Å². The Hall–Kier alpha value is -2.27. The fraction of sp³-hybridized carbons (Fsp3) is 0.381. The molecule has 6 heteroatoms. The number of carbonyl (C=O) groups is 1. The van der Waals surface area contributed by atoms with Crippen molar-refractivity contribution in [3.05, 3.63) is 57.4 Å². The van der Waals surface area contributed by atoms with Crippen LogP contribution in [0.1, 0.15) is 42.5 Å². The van der Waals surface area contributed by atoms with Gasteiger partial charge in [-0.2, -0.15) is 0 Å². The molecule has 0 amide bonds. The van der Waals surface area contributed by atoms with E-state index in [1.54, 1.807) is 6.07 Å². The van der Waals surface area contributed by atoms with Crippen molar-refractivity contribution in [1.82, 2.24) is 0 Å². The lowest BCUT2D eigenvalue weighted by Gasteiger charge is -2.18. The summed E-state index contributed by atoms with van der Waals surface area (Å²) < 4.78 is 25.8. The molecule has 0 saturated heterocycles. The van der Waals surface area contributed by atoms with Crippen LogP contribution in [0, 0.1) is 12.7 Å². The van der Waals surface area contributed by atoms with Gasteiger partial charge in [0.2, 0.25) is 0 Å². The van der Waals surface area contributed by atoms with E-state index in [1.165, 1.54) is 12.1 Å². The predicted molar refractivity (Wildman–Crippen MR) is 101 cm³/mol. The molecule has 0 aromatic heterocycles. The molecule has 0 bridgehead atoms. The molecule has 0 fully saturated rings. The number of carboxylic acids is 1. The maximum atomic E-state index is 14.0. The van der Waals surface area contributed by atoms with E-state index in [4.69, 9.17) is 26.2 Å². The molecule has 0 radical (unpaired) electrons. The van der Waals surface area contributed by atoms with Crippen LogP contribution in [0.15, 0.2) is 24.3 Å². The molecule has 2 aromatic rings. The summed E-state index contributed by atoms with van der Waals surface area (Å²) in [5, 5.41) is 9.27. The van der Waals surface area contributed by atoms with Crippen molar-refractivity contribution in [2.24, 2.45) is 0 Å². The van der Waals surface area contributed by atoms with Gasteiger partial charge < -0.3 is 14.6 Å². The van der Waals surface area contributed by atoms with Gasteiger partial charge in [0.1, 0.15) is 29.5 Å². The van der Waals surface area contributed by atoms with Crippen LogP contribution in [0.3, 0.4) is 0 Å². The smallest absolute Gasteiger partial charge is 0.303 e. The first-order valence-corrected chi connectivity index (χ1v) is 9.17. The van der Waals surface area contributed by atoms with Crippen molar-refractivity contribution in [3.63, 3.8) is 0 Å². The Morgan fingerprint density at radius 1 is 1.33 bits per heavy atom. The normalized spacial score (nSPS) is 14.6. The van der Waals surface area contributed by atoms with Gasteiger partial charge in [-0.1, -0.05) is 17.7 Å². The molecule has 0 unspecified atom stereocenters. The van der Waals surface area contributed by atoms with Gasteiger partial charge in [-0.25, -0.2) is 4.39 Å². The van der Waals surface area contributed by atoms with Crippen LogP contribution in [0.4, 0.5) is 4.39 Å². The first-order valence-electron chi connectivity index (χ1n) is 8.79. The van der Waals surface area contributed by atoms with Crippen molar-refractivity contribution in [2.75, 3.05) is 0 Å². The molecular weight excluding hydrogens is 371 g/mol. The first kappa shape index (κ1) is 19.5. The third kappa shape index (κ3) is 4.35. The maximum absolute atomic E-state index is 14.0. The second-order valence-corrected chi connectivity index (χ2v) is 7.81. The number of aryl methyl sites for hydroxylation is 1. The van der Waals surface area contributed by atoms with E-state index in [9.17, 15) is 9.18 Å². The summed E-state index contributed by atoms with van der Waals surface area (Å²) in [5.74, 6) is -0.0236. The van der Waals surface area contributed by atoms with Crippen LogP contribution in [0.5, 0.6) is 11.5 Å². The summed E-state index contributed by atoms with van der Waals surface area (Å²) in [6.45, 7) is 5.89. The van der Waals surface area contributed by atoms with E-state index in [2.05, 4.69) is 0 Å². The monoisotopic (exact) mass is 392 g/mol. The molecule has 0 spiro atoms. The zero-order valence-corrected chi connectivity index (χ0v) is 16.3. The number of ether oxygens (including phenoxy) is 2. The molecule has 1 aliphatic heterocycles. The van der Waals surface area contributed by atoms with Gasteiger partial charge in [0.05, 0.1) is 5.02 Å². The summed E-state index contributed by atoms with van der Waals surface area (Å²) in [7, 11) is 0. The van der Waals surface area contributed by atoms with Crippen LogP contribution in [0.2, 0.25) is 5.02 Å². The lowest BCUT2D eigenvalue weighted by Crippen LogP contribution is -2.25. The standard InChI is InChI=1S/C21H22ClFO4/c1-12-13(5-7-18(24)25)4-6-17(19(12)22)26-11-15-9-16(23)8-14-10-21(2,3)27-20(14)15/h4,6,8-9H,5,7,10-11H2,1-3H3,(H,24,25). The first-order chi connectivity index (χ1) is 12.7. The fourth-order valence-electron chi connectivity index (χ4n) is 3.33. The topological polar surface area (TPSA) is 55.8 Å². The van der Waals surface area contributed by atoms with E-state index >= 15 is 0 Å². The van der Waals surface area contributed by atoms with E-state index in [1.807, 2.05) is 26.8 Å². The van der Waals surface area contributed by atoms with Gasteiger partial charge in [0.15, 0.2) is 0 Å². The lowest BCUT2D eigenvalue weighted by atomic mass is 10.0. The molecule has 0 aliphatic carbocycles. The van der Waals surface area contributed by atoms with Gasteiger partial charge in [-0.15, -0.1) is 0 Å². The largest absolute Gasteiger partial charge is 0.487 e. The number of hydrogen-bond donors (Lipinski definition) is 1. The number of rotatable bonds is 6. The van der Waals surface area contributed by atoms with E-state index < -0.39 is 5.97 Å². The lowest BCUT2D eigenvalue weighted by molar-refractivity contribution is -0.136. The summed E-state index contributed by atoms with van der Waals surface area (Å²) in [4.78, 5) is 10.8. The molecule has 1 aliphatic rings. The zero-order chi connectivity index (χ0) is 19.8. The number of benzene rings is 2. The summed E-state index contributed by atoms with van der Waals surface area (Å²) in [6, 6.07) is 6.45. The Morgan fingerprint density at radius 3 is 2.78 bits per heavy atom. The Labute approximate surface area is 162 Å². The van der Waals surface area contributed by atoms with E-state index in [-0.39, 0.29) is 24.4 Å². The Kier molecular flexibility index (Phi) is 5.33. The van der Waals surface area contributed by atoms with Gasteiger partial charge >= 0.3 is 5.97 Å². The highest BCUT2D eigenvalue weighted by Gasteiger charge is 2.32. The quantitative estimate of drug-likeness (QED) is 0.743. The molecule has 1 heterocycles. The maximum Gasteiger partial charge on any atom is 0.303 e. The minimum absolute atomic E-state index is 0.0416. The molecule has 2 aromatic carbocycles. The van der Waals surface area contributed by atoms with Crippen LogP contribution >= 0.6 is 11.6 Å².